The first kappa shape index (κ1) is 9.85. The molecular weight excluding hydrogens is 196 g/mol. The van der Waals surface area contributed by atoms with Gasteiger partial charge in [-0.15, -0.1) is 0 Å². The van der Waals surface area contributed by atoms with Crippen molar-refractivity contribution in [3.8, 4) is 0 Å². The predicted octanol–water partition coefficient (Wildman–Crippen LogP) is -0.394. The van der Waals surface area contributed by atoms with Gasteiger partial charge in [-0.2, -0.15) is 0 Å². The lowest BCUT2D eigenvalue weighted by molar-refractivity contribution is -0.142. The Labute approximate surface area is 86.6 Å². The van der Waals surface area contributed by atoms with E-state index in [1.807, 2.05) is 0 Å². The molecule has 15 heavy (non-hydrogen) atoms. The Kier molecular flexibility index (Phi) is 2.77. The molecule has 2 N–H and O–H groups in total. The van der Waals surface area contributed by atoms with Crippen LogP contribution in [0.25, 0.3) is 0 Å². The van der Waals surface area contributed by atoms with E-state index in [0.717, 1.165) is 10.7 Å². The minimum Gasteiger partial charge on any atom is -0.348 e. The van der Waals surface area contributed by atoms with Crippen LogP contribution in [0, 0.1) is 0 Å². The first-order chi connectivity index (χ1) is 7.27. The monoisotopic (exact) mass is 208 g/mol. The van der Waals surface area contributed by atoms with Gasteiger partial charge in [0.2, 0.25) is 11.8 Å². The van der Waals surface area contributed by atoms with E-state index in [1.165, 1.54) is 0 Å². The molecule has 1 saturated heterocycles. The summed E-state index contributed by atoms with van der Waals surface area (Å²) in [5.74, 6) is -0.297. The summed E-state index contributed by atoms with van der Waals surface area (Å²) in [6.45, 7) is 0.541. The molecular formula is C9H12N4O2. The molecule has 1 fully saturated rings. The highest BCUT2D eigenvalue weighted by Crippen LogP contribution is 2.08. The Hall–Kier alpha value is -1.69. The predicted molar refractivity (Wildman–Crippen MR) is 51.4 cm³/mol. The zero-order chi connectivity index (χ0) is 10.7. The Morgan fingerprint density at radius 2 is 2.13 bits per heavy atom. The summed E-state index contributed by atoms with van der Waals surface area (Å²) in [6.07, 6.45) is 4.65. The second-order valence-corrected chi connectivity index (χ2v) is 3.36. The Balaban J connectivity index is 1.78. The molecule has 0 atom stereocenters. The van der Waals surface area contributed by atoms with Crippen LogP contribution in [0.3, 0.4) is 0 Å². The molecule has 80 valence electrons. The minimum atomic E-state index is -0.149. The van der Waals surface area contributed by atoms with Crippen LogP contribution >= 0.6 is 0 Å². The van der Waals surface area contributed by atoms with Crippen LogP contribution < -0.4 is 5.43 Å². The van der Waals surface area contributed by atoms with Crippen molar-refractivity contribution in [3.05, 3.63) is 18.2 Å². The second kappa shape index (κ2) is 4.22. The van der Waals surface area contributed by atoms with Gasteiger partial charge in [-0.05, 0) is 0 Å². The second-order valence-electron chi connectivity index (χ2n) is 3.36. The number of H-pyrrole nitrogens is 1. The van der Waals surface area contributed by atoms with E-state index >= 15 is 0 Å². The molecule has 2 rings (SSSR count). The maximum Gasteiger partial charge on any atom is 0.244 e. The van der Waals surface area contributed by atoms with Gasteiger partial charge in [-0.1, -0.05) is 0 Å². The number of imide groups is 1. The van der Waals surface area contributed by atoms with Gasteiger partial charge in [0.25, 0.3) is 0 Å². The Bertz CT molecular complexity index is 344. The number of aromatic amines is 1. The fourth-order valence-electron chi connectivity index (χ4n) is 1.48. The number of carbonyl (C=O) groups is 2. The highest BCUT2D eigenvalue weighted by Gasteiger charge is 2.28. The smallest absolute Gasteiger partial charge is 0.244 e. The molecule has 0 radical (unpaired) electrons. The van der Waals surface area contributed by atoms with Gasteiger partial charge < -0.3 is 4.98 Å². The number of nitrogens with one attached hydrogen (secondary N) is 2. The third-order valence-electron chi connectivity index (χ3n) is 2.27. The van der Waals surface area contributed by atoms with E-state index in [9.17, 15) is 9.59 Å². The number of hydrazine groups is 1. The maximum absolute atomic E-state index is 11.2. The first-order valence-corrected chi connectivity index (χ1v) is 4.84. The number of nitrogens with zero attached hydrogens (tertiary/aromatic N) is 2. The topological polar surface area (TPSA) is 78.1 Å². The summed E-state index contributed by atoms with van der Waals surface area (Å²) in [6, 6.07) is 0. The molecule has 0 spiro atoms. The first-order valence-electron chi connectivity index (χ1n) is 4.84. The van der Waals surface area contributed by atoms with Gasteiger partial charge in [-0.25, -0.2) is 15.4 Å². The minimum absolute atomic E-state index is 0.149. The van der Waals surface area contributed by atoms with Crippen molar-refractivity contribution >= 4 is 11.8 Å². The van der Waals surface area contributed by atoms with Crippen molar-refractivity contribution in [3.63, 3.8) is 0 Å². The Morgan fingerprint density at radius 1 is 1.40 bits per heavy atom. The quantitative estimate of drug-likeness (QED) is 0.660. The molecule has 0 aromatic carbocycles. The molecule has 6 nitrogen and oxygen atoms in total. The average Bonchev–Trinajstić information content (AvgIpc) is 2.82. The third kappa shape index (κ3) is 2.21. The molecule has 2 amide bonds. The van der Waals surface area contributed by atoms with Gasteiger partial charge >= 0.3 is 0 Å². The van der Waals surface area contributed by atoms with Crippen molar-refractivity contribution in [1.29, 1.82) is 0 Å². The van der Waals surface area contributed by atoms with Gasteiger partial charge in [-0.3, -0.25) is 9.59 Å². The SMILES string of the molecule is O=C1CCC(=O)N1NCCc1cnc[nH]1. The van der Waals surface area contributed by atoms with Gasteiger partial charge in [0.15, 0.2) is 0 Å². The number of amides is 2. The summed E-state index contributed by atoms with van der Waals surface area (Å²) in [5, 5.41) is 1.11. The van der Waals surface area contributed by atoms with Crippen LogP contribution in [0.15, 0.2) is 12.5 Å². The van der Waals surface area contributed by atoms with Crippen molar-refractivity contribution in [2.24, 2.45) is 0 Å². The molecule has 6 heteroatoms. The number of hydrogen-bond donors (Lipinski definition) is 2. The highest BCUT2D eigenvalue weighted by atomic mass is 16.2. The van der Waals surface area contributed by atoms with E-state index in [1.54, 1.807) is 12.5 Å². The summed E-state index contributed by atoms with van der Waals surface area (Å²) >= 11 is 0. The number of aromatic nitrogens is 2. The van der Waals surface area contributed by atoms with E-state index < -0.39 is 0 Å². The fraction of sp³-hybridized carbons (Fsp3) is 0.444. The summed E-state index contributed by atoms with van der Waals surface area (Å²) < 4.78 is 0. The fourth-order valence-corrected chi connectivity index (χ4v) is 1.48. The van der Waals surface area contributed by atoms with Crippen LogP contribution in [0.2, 0.25) is 0 Å². The molecule has 1 aromatic heterocycles. The van der Waals surface area contributed by atoms with E-state index in [2.05, 4.69) is 15.4 Å². The van der Waals surface area contributed by atoms with Gasteiger partial charge in [0.05, 0.1) is 6.33 Å². The molecule has 0 bridgehead atoms. The molecule has 1 aliphatic rings. The zero-order valence-corrected chi connectivity index (χ0v) is 8.19. The molecule has 2 heterocycles. The lowest BCUT2D eigenvalue weighted by atomic mass is 10.3. The van der Waals surface area contributed by atoms with Crippen LogP contribution in [0.1, 0.15) is 18.5 Å². The maximum atomic E-state index is 11.2. The zero-order valence-electron chi connectivity index (χ0n) is 8.19. The molecule has 1 aliphatic heterocycles. The van der Waals surface area contributed by atoms with Crippen molar-refractivity contribution in [1.82, 2.24) is 20.4 Å². The number of rotatable bonds is 4. The third-order valence-corrected chi connectivity index (χ3v) is 2.27. The largest absolute Gasteiger partial charge is 0.348 e. The summed E-state index contributed by atoms with van der Waals surface area (Å²) in [4.78, 5) is 29.2. The number of carbonyl (C=O) groups excluding carboxylic acids is 2. The summed E-state index contributed by atoms with van der Waals surface area (Å²) in [5.41, 5.74) is 3.78. The van der Waals surface area contributed by atoms with Crippen molar-refractivity contribution < 1.29 is 9.59 Å². The lowest BCUT2D eigenvalue weighted by Gasteiger charge is -2.14. The highest BCUT2D eigenvalue weighted by molar-refractivity contribution is 6.01. The average molecular weight is 208 g/mol. The molecule has 0 unspecified atom stereocenters. The number of imidazole rings is 1. The van der Waals surface area contributed by atoms with E-state index in [0.29, 0.717) is 25.8 Å². The van der Waals surface area contributed by atoms with Crippen molar-refractivity contribution in [2.45, 2.75) is 19.3 Å². The van der Waals surface area contributed by atoms with Crippen LogP contribution in [-0.4, -0.2) is 33.3 Å². The standard InChI is InChI=1S/C9H12N4O2/c14-8-1-2-9(15)13(8)12-4-3-7-5-10-6-11-7/h5-6,12H,1-4H2,(H,10,11). The van der Waals surface area contributed by atoms with Crippen LogP contribution in [0.5, 0.6) is 0 Å². The lowest BCUT2D eigenvalue weighted by Crippen LogP contribution is -2.42. The van der Waals surface area contributed by atoms with Gasteiger partial charge in [0.1, 0.15) is 0 Å². The molecule has 0 aliphatic carbocycles. The summed E-state index contributed by atoms with van der Waals surface area (Å²) in [7, 11) is 0. The van der Waals surface area contributed by atoms with Crippen LogP contribution in [-0.2, 0) is 16.0 Å². The van der Waals surface area contributed by atoms with E-state index in [4.69, 9.17) is 0 Å². The van der Waals surface area contributed by atoms with E-state index in [-0.39, 0.29) is 11.8 Å². The van der Waals surface area contributed by atoms with Crippen molar-refractivity contribution in [2.75, 3.05) is 6.54 Å². The number of hydrogen-bond acceptors (Lipinski definition) is 4. The van der Waals surface area contributed by atoms with Gasteiger partial charge in [0, 0.05) is 37.7 Å². The Morgan fingerprint density at radius 3 is 2.73 bits per heavy atom. The van der Waals surface area contributed by atoms with Crippen LogP contribution in [0.4, 0.5) is 0 Å². The normalized spacial score (nSPS) is 16.4. The molecule has 0 saturated carbocycles. The molecule has 1 aromatic rings.